The molecule has 0 aromatic carbocycles. The highest BCUT2D eigenvalue weighted by atomic mass is 16.7. The van der Waals surface area contributed by atoms with Crippen molar-refractivity contribution in [3.63, 3.8) is 0 Å². The molecule has 0 aliphatic carbocycles. The molecule has 1 heterocycles. The van der Waals surface area contributed by atoms with Crippen molar-refractivity contribution in [3.8, 4) is 0 Å². The lowest BCUT2D eigenvalue weighted by molar-refractivity contribution is -0.301. The molecular formula is C53H94O12. The van der Waals surface area contributed by atoms with Crippen LogP contribution in [0.2, 0.25) is 0 Å². The van der Waals surface area contributed by atoms with Crippen molar-refractivity contribution in [2.75, 3.05) is 13.2 Å². The topological polar surface area (TPSA) is 175 Å². The molecule has 12 nitrogen and oxygen atoms in total. The fourth-order valence-corrected chi connectivity index (χ4v) is 7.87. The van der Waals surface area contributed by atoms with E-state index in [2.05, 4.69) is 45.1 Å². The van der Waals surface area contributed by atoms with Gasteiger partial charge in [-0.05, 0) is 64.2 Å². The van der Waals surface area contributed by atoms with E-state index in [1.54, 1.807) is 0 Å². The van der Waals surface area contributed by atoms with Crippen LogP contribution < -0.4 is 0 Å². The lowest BCUT2D eigenvalue weighted by Crippen LogP contribution is -2.61. The minimum atomic E-state index is -1.90. The molecule has 1 aliphatic heterocycles. The zero-order valence-electron chi connectivity index (χ0n) is 41.2. The Balaban J connectivity index is 2.74. The molecule has 0 saturated carbocycles. The van der Waals surface area contributed by atoms with Crippen LogP contribution in [-0.2, 0) is 42.9 Å². The van der Waals surface area contributed by atoms with E-state index in [9.17, 15) is 34.5 Å². The molecule has 0 spiro atoms. The van der Waals surface area contributed by atoms with Crippen molar-refractivity contribution in [1.29, 1.82) is 0 Å². The van der Waals surface area contributed by atoms with Gasteiger partial charge in [0.25, 0.3) is 0 Å². The number of carboxylic acids is 1. The van der Waals surface area contributed by atoms with Crippen molar-refractivity contribution in [2.24, 2.45) is 0 Å². The maximum atomic E-state index is 13.0. The minimum absolute atomic E-state index is 0.0533. The first kappa shape index (κ1) is 60.2. The third-order valence-corrected chi connectivity index (χ3v) is 12.0. The summed E-state index contributed by atoms with van der Waals surface area (Å²) in [4.78, 5) is 50.7. The molecule has 0 aromatic rings. The maximum Gasteiger partial charge on any atom is 0.335 e. The van der Waals surface area contributed by atoms with Crippen molar-refractivity contribution >= 4 is 23.9 Å². The Labute approximate surface area is 394 Å². The molecule has 0 radical (unpaired) electrons. The number of aliphatic carboxylic acids is 1. The number of carboxylic acid groups (broad SMARTS) is 1. The highest BCUT2D eigenvalue weighted by Gasteiger charge is 2.50. The summed E-state index contributed by atoms with van der Waals surface area (Å²) in [6, 6.07) is 0. The third kappa shape index (κ3) is 33.3. The van der Waals surface area contributed by atoms with E-state index in [4.69, 9.17) is 23.7 Å². The van der Waals surface area contributed by atoms with Crippen LogP contribution in [0.25, 0.3) is 0 Å². The van der Waals surface area contributed by atoms with Crippen LogP contribution >= 0.6 is 0 Å². The van der Waals surface area contributed by atoms with Gasteiger partial charge in [0, 0.05) is 19.3 Å². The number of carbonyl (C=O) groups excluding carboxylic acids is 3. The summed E-state index contributed by atoms with van der Waals surface area (Å²) < 4.78 is 28.2. The lowest BCUT2D eigenvalue weighted by Gasteiger charge is -2.40. The number of allylic oxidation sites excluding steroid dienone is 4. The minimum Gasteiger partial charge on any atom is -0.479 e. The zero-order chi connectivity index (χ0) is 47.6. The van der Waals surface area contributed by atoms with Gasteiger partial charge in [0.15, 0.2) is 24.6 Å². The van der Waals surface area contributed by atoms with Crippen molar-refractivity contribution in [3.05, 3.63) is 24.3 Å². The van der Waals surface area contributed by atoms with Crippen LogP contribution in [0.15, 0.2) is 24.3 Å². The SMILES string of the molecule is CCCC/C=C\CCCCCCCC(=O)OCC(COC1OC(C(=O)O)C(O)C(O)C1OC(=O)CCCCCCC/C=C\CCCCCC)OC(=O)CCCCCCCCCCCCC. The fourth-order valence-electron chi connectivity index (χ4n) is 7.87. The van der Waals surface area contributed by atoms with Crippen LogP contribution in [0.3, 0.4) is 0 Å². The number of hydrogen-bond acceptors (Lipinski definition) is 11. The standard InChI is InChI=1S/C53H94O12/c1-4-7-10-13-16-19-22-23-26-29-32-35-38-41-47(56)64-51-49(58)48(57)50(52(59)60)65-53(51)62-43-44(63-46(55)40-37-34-31-28-25-21-18-15-12-9-6-3)42-61-45(54)39-36-33-30-27-24-20-17-14-11-8-5-2/h14,17,19,22,44,48-51,53,57-58H,4-13,15-16,18,20-21,23-43H2,1-3H3,(H,59,60)/b17-14-,22-19-. The second-order valence-corrected chi connectivity index (χ2v) is 18.2. The number of aliphatic hydroxyl groups is 2. The van der Waals surface area contributed by atoms with E-state index in [1.807, 2.05) is 0 Å². The summed E-state index contributed by atoms with van der Waals surface area (Å²) in [6.07, 6.45) is 33.1. The van der Waals surface area contributed by atoms with E-state index in [-0.39, 0.29) is 25.9 Å². The van der Waals surface area contributed by atoms with Crippen LogP contribution in [0.1, 0.15) is 239 Å². The van der Waals surface area contributed by atoms with Gasteiger partial charge in [-0.25, -0.2) is 4.79 Å². The molecule has 6 atom stereocenters. The molecule has 1 aliphatic rings. The van der Waals surface area contributed by atoms with Crippen LogP contribution in [0.5, 0.6) is 0 Å². The molecule has 6 unspecified atom stereocenters. The number of carbonyl (C=O) groups is 4. The summed E-state index contributed by atoms with van der Waals surface area (Å²) in [7, 11) is 0. The number of aliphatic hydroxyl groups excluding tert-OH is 2. The first-order valence-corrected chi connectivity index (χ1v) is 26.3. The first-order valence-electron chi connectivity index (χ1n) is 26.3. The molecular weight excluding hydrogens is 829 g/mol. The summed E-state index contributed by atoms with van der Waals surface area (Å²) in [6.45, 7) is 5.90. The van der Waals surface area contributed by atoms with Gasteiger partial charge in [-0.3, -0.25) is 14.4 Å². The Kier molecular flexibility index (Phi) is 39.4. The van der Waals surface area contributed by atoms with E-state index in [1.165, 1.54) is 83.5 Å². The fraction of sp³-hybridized carbons (Fsp3) is 0.849. The predicted molar refractivity (Wildman–Crippen MR) is 257 cm³/mol. The predicted octanol–water partition coefficient (Wildman–Crippen LogP) is 12.3. The maximum absolute atomic E-state index is 13.0. The lowest BCUT2D eigenvalue weighted by atomic mass is 9.98. The quantitative estimate of drug-likeness (QED) is 0.0229. The average Bonchev–Trinajstić information content (AvgIpc) is 3.29. The van der Waals surface area contributed by atoms with Gasteiger partial charge < -0.3 is 39.0 Å². The van der Waals surface area contributed by atoms with Gasteiger partial charge in [-0.2, -0.15) is 0 Å². The molecule has 3 N–H and O–H groups in total. The molecule has 65 heavy (non-hydrogen) atoms. The summed E-state index contributed by atoms with van der Waals surface area (Å²) >= 11 is 0. The Morgan fingerprint density at radius 3 is 1.37 bits per heavy atom. The largest absolute Gasteiger partial charge is 0.479 e. The third-order valence-electron chi connectivity index (χ3n) is 12.0. The molecule has 12 heteroatoms. The molecule has 1 fully saturated rings. The van der Waals surface area contributed by atoms with Crippen LogP contribution in [0.4, 0.5) is 0 Å². The molecule has 1 saturated heterocycles. The highest BCUT2D eigenvalue weighted by molar-refractivity contribution is 5.74. The second-order valence-electron chi connectivity index (χ2n) is 18.2. The molecule has 0 aromatic heterocycles. The highest BCUT2D eigenvalue weighted by Crippen LogP contribution is 2.26. The number of unbranched alkanes of at least 4 members (excludes halogenated alkanes) is 26. The van der Waals surface area contributed by atoms with Gasteiger partial charge in [-0.1, -0.05) is 180 Å². The van der Waals surface area contributed by atoms with Gasteiger partial charge in [0.1, 0.15) is 18.8 Å². The Bertz CT molecular complexity index is 1240. The van der Waals surface area contributed by atoms with Gasteiger partial charge in [0.2, 0.25) is 0 Å². The summed E-state index contributed by atoms with van der Waals surface area (Å²) in [5.74, 6) is -3.13. The molecule has 378 valence electrons. The monoisotopic (exact) mass is 923 g/mol. The van der Waals surface area contributed by atoms with E-state index in [0.717, 1.165) is 96.3 Å². The number of ether oxygens (including phenoxy) is 5. The molecule has 0 amide bonds. The van der Waals surface area contributed by atoms with Gasteiger partial charge in [0.05, 0.1) is 6.61 Å². The molecule has 1 rings (SSSR count). The summed E-state index contributed by atoms with van der Waals surface area (Å²) in [5.41, 5.74) is 0. The first-order chi connectivity index (χ1) is 31.6. The number of esters is 3. The smallest absolute Gasteiger partial charge is 0.335 e. The second kappa shape index (κ2) is 42.5. The van der Waals surface area contributed by atoms with Gasteiger partial charge >= 0.3 is 23.9 Å². The van der Waals surface area contributed by atoms with E-state index < -0.39 is 67.3 Å². The average molecular weight is 923 g/mol. The Morgan fingerprint density at radius 1 is 0.492 bits per heavy atom. The van der Waals surface area contributed by atoms with Gasteiger partial charge in [-0.15, -0.1) is 0 Å². The Morgan fingerprint density at radius 2 is 0.892 bits per heavy atom. The number of rotatable bonds is 44. The van der Waals surface area contributed by atoms with Crippen LogP contribution in [0, 0.1) is 0 Å². The summed E-state index contributed by atoms with van der Waals surface area (Å²) in [5, 5.41) is 31.3. The van der Waals surface area contributed by atoms with E-state index >= 15 is 0 Å². The van der Waals surface area contributed by atoms with Crippen molar-refractivity contribution in [2.45, 2.75) is 276 Å². The molecule has 0 bridgehead atoms. The van der Waals surface area contributed by atoms with E-state index in [0.29, 0.717) is 19.3 Å². The van der Waals surface area contributed by atoms with Crippen molar-refractivity contribution < 1.29 is 58.2 Å². The van der Waals surface area contributed by atoms with Crippen molar-refractivity contribution in [1.82, 2.24) is 0 Å². The van der Waals surface area contributed by atoms with Crippen LogP contribution in [-0.4, -0.2) is 89.2 Å². The normalized spacial score (nSPS) is 19.2. The number of hydrogen-bond donors (Lipinski definition) is 3. The Hall–Kier alpha value is -2.80. The zero-order valence-corrected chi connectivity index (χ0v) is 41.2.